The fourth-order valence-electron chi connectivity index (χ4n) is 3.87. The highest BCUT2D eigenvalue weighted by atomic mass is 32.1. The van der Waals surface area contributed by atoms with Crippen LogP contribution in [0.25, 0.3) is 11.1 Å². The molecule has 19 heavy (non-hydrogen) atoms. The van der Waals surface area contributed by atoms with Crippen molar-refractivity contribution in [3.63, 3.8) is 0 Å². The summed E-state index contributed by atoms with van der Waals surface area (Å²) in [5, 5.41) is 0.355. The van der Waals surface area contributed by atoms with Crippen LogP contribution in [0.15, 0.2) is 24.3 Å². The van der Waals surface area contributed by atoms with Crippen LogP contribution < -0.4 is 0 Å². The molecule has 2 aliphatic carbocycles. The first-order valence-electron chi connectivity index (χ1n) is 7.08. The van der Waals surface area contributed by atoms with E-state index in [1.807, 2.05) is 0 Å². The standard InChI is InChI=1S/C18H18S/c1-10-5-12-3-4-13-6-11(2)8-15-16(19)9-14(7-10)17(12)18(13)15/h5-8,16,19H,3-4,9H2,1-2H3. The Bertz CT molecular complexity index is 697. The van der Waals surface area contributed by atoms with Crippen molar-refractivity contribution in [2.24, 2.45) is 0 Å². The molecule has 0 aliphatic heterocycles. The van der Waals surface area contributed by atoms with Gasteiger partial charge in [0.05, 0.1) is 0 Å². The maximum Gasteiger partial charge on any atom is 0.0314 e. The number of thiol groups is 1. The third kappa shape index (κ3) is 1.61. The lowest BCUT2D eigenvalue weighted by Gasteiger charge is -2.33. The summed E-state index contributed by atoms with van der Waals surface area (Å²) < 4.78 is 0. The third-order valence-electron chi connectivity index (χ3n) is 4.53. The van der Waals surface area contributed by atoms with Crippen LogP contribution in [0.4, 0.5) is 0 Å². The molecule has 1 unspecified atom stereocenters. The van der Waals surface area contributed by atoms with Crippen molar-refractivity contribution in [1.29, 1.82) is 0 Å². The SMILES string of the molecule is Cc1cc2c3c(c1)CC(S)c1cc(C)cc(c1-3)CC2. The van der Waals surface area contributed by atoms with Crippen LogP contribution in [-0.2, 0) is 19.3 Å². The summed E-state index contributed by atoms with van der Waals surface area (Å²) >= 11 is 4.85. The van der Waals surface area contributed by atoms with E-state index < -0.39 is 0 Å². The molecule has 0 radical (unpaired) electrons. The van der Waals surface area contributed by atoms with E-state index in [2.05, 4.69) is 38.1 Å². The van der Waals surface area contributed by atoms with E-state index in [9.17, 15) is 0 Å². The van der Waals surface area contributed by atoms with Crippen molar-refractivity contribution < 1.29 is 0 Å². The Kier molecular flexibility index (Phi) is 2.38. The van der Waals surface area contributed by atoms with Gasteiger partial charge in [0.15, 0.2) is 0 Å². The van der Waals surface area contributed by atoms with Crippen molar-refractivity contribution >= 4 is 12.6 Å². The Balaban J connectivity index is 2.12. The van der Waals surface area contributed by atoms with Crippen molar-refractivity contribution in [2.75, 3.05) is 0 Å². The van der Waals surface area contributed by atoms with E-state index in [1.165, 1.54) is 51.8 Å². The van der Waals surface area contributed by atoms with Gasteiger partial charge in [-0.05, 0) is 66.5 Å². The Morgan fingerprint density at radius 1 is 0.842 bits per heavy atom. The normalized spacial score (nSPS) is 19.2. The van der Waals surface area contributed by atoms with Crippen molar-refractivity contribution in [2.45, 2.75) is 38.4 Å². The van der Waals surface area contributed by atoms with Crippen molar-refractivity contribution in [1.82, 2.24) is 0 Å². The summed E-state index contributed by atoms with van der Waals surface area (Å²) in [4.78, 5) is 0. The summed E-state index contributed by atoms with van der Waals surface area (Å²) in [7, 11) is 0. The highest BCUT2D eigenvalue weighted by molar-refractivity contribution is 7.80. The van der Waals surface area contributed by atoms with Crippen molar-refractivity contribution in [3.8, 4) is 11.1 Å². The van der Waals surface area contributed by atoms with Crippen LogP contribution in [-0.4, -0.2) is 0 Å². The average molecular weight is 266 g/mol. The summed E-state index contributed by atoms with van der Waals surface area (Å²) in [5.41, 5.74) is 11.9. The molecule has 1 atom stereocenters. The van der Waals surface area contributed by atoms with Gasteiger partial charge in [-0.1, -0.05) is 35.4 Å². The highest BCUT2D eigenvalue weighted by Gasteiger charge is 2.29. The number of benzene rings is 2. The maximum atomic E-state index is 4.85. The molecule has 2 aliphatic rings. The first-order valence-corrected chi connectivity index (χ1v) is 7.59. The van der Waals surface area contributed by atoms with Crippen LogP contribution in [0.1, 0.15) is 38.6 Å². The quantitative estimate of drug-likeness (QED) is 0.662. The first-order chi connectivity index (χ1) is 9.13. The molecule has 0 saturated carbocycles. The number of aryl methyl sites for hydroxylation is 4. The van der Waals surface area contributed by atoms with Crippen LogP contribution in [0.3, 0.4) is 0 Å². The molecule has 0 nitrogen and oxygen atoms in total. The van der Waals surface area contributed by atoms with Crippen LogP contribution in [0, 0.1) is 13.8 Å². The largest absolute Gasteiger partial charge is 0.171 e. The Hall–Kier alpha value is -1.21. The molecular weight excluding hydrogens is 248 g/mol. The second kappa shape index (κ2) is 3.89. The van der Waals surface area contributed by atoms with Gasteiger partial charge in [-0.2, -0.15) is 12.6 Å². The molecule has 2 aromatic carbocycles. The minimum atomic E-state index is 0.355. The summed E-state index contributed by atoms with van der Waals surface area (Å²) in [6.07, 6.45) is 3.45. The van der Waals surface area contributed by atoms with Crippen molar-refractivity contribution in [3.05, 3.63) is 57.6 Å². The molecule has 0 saturated heterocycles. The number of hydrogen-bond acceptors (Lipinski definition) is 1. The van der Waals surface area contributed by atoms with E-state index >= 15 is 0 Å². The van der Waals surface area contributed by atoms with Gasteiger partial charge in [-0.25, -0.2) is 0 Å². The van der Waals surface area contributed by atoms with Gasteiger partial charge in [0, 0.05) is 5.25 Å². The Morgan fingerprint density at radius 2 is 1.42 bits per heavy atom. The molecule has 0 amide bonds. The molecule has 0 N–H and O–H groups in total. The molecule has 0 bridgehead atoms. The monoisotopic (exact) mass is 266 g/mol. The molecule has 0 aromatic heterocycles. The van der Waals surface area contributed by atoms with Gasteiger partial charge in [-0.15, -0.1) is 0 Å². The van der Waals surface area contributed by atoms with E-state index in [1.54, 1.807) is 5.56 Å². The van der Waals surface area contributed by atoms with Crippen LogP contribution in [0.5, 0.6) is 0 Å². The van der Waals surface area contributed by atoms with Gasteiger partial charge in [0.1, 0.15) is 0 Å². The summed E-state index contributed by atoms with van der Waals surface area (Å²) in [6.45, 7) is 4.42. The topological polar surface area (TPSA) is 0 Å². The van der Waals surface area contributed by atoms with E-state index in [-0.39, 0.29) is 0 Å². The lowest BCUT2D eigenvalue weighted by atomic mass is 9.74. The lowest BCUT2D eigenvalue weighted by Crippen LogP contribution is -2.16. The highest BCUT2D eigenvalue weighted by Crippen LogP contribution is 2.48. The third-order valence-corrected chi connectivity index (χ3v) is 4.99. The minimum Gasteiger partial charge on any atom is -0.171 e. The Morgan fingerprint density at radius 3 is 2.16 bits per heavy atom. The van der Waals surface area contributed by atoms with Gasteiger partial charge in [0.2, 0.25) is 0 Å². The number of rotatable bonds is 0. The van der Waals surface area contributed by atoms with Gasteiger partial charge in [-0.3, -0.25) is 0 Å². The van der Waals surface area contributed by atoms with Gasteiger partial charge < -0.3 is 0 Å². The molecule has 96 valence electrons. The summed E-state index contributed by atoms with van der Waals surface area (Å²) in [5.74, 6) is 0. The zero-order valence-electron chi connectivity index (χ0n) is 11.5. The van der Waals surface area contributed by atoms with E-state index in [0.29, 0.717) is 5.25 Å². The average Bonchev–Trinajstić information content (AvgIpc) is 2.36. The minimum absolute atomic E-state index is 0.355. The van der Waals surface area contributed by atoms with E-state index in [4.69, 9.17) is 12.6 Å². The predicted octanol–water partition coefficient (Wildman–Crippen LogP) is 4.60. The Labute approximate surface area is 120 Å². The predicted molar refractivity (Wildman–Crippen MR) is 84.2 cm³/mol. The second-order valence-electron chi connectivity index (χ2n) is 6.07. The molecule has 0 fully saturated rings. The fourth-order valence-corrected chi connectivity index (χ4v) is 4.27. The fraction of sp³-hybridized carbons (Fsp3) is 0.333. The van der Waals surface area contributed by atoms with Crippen LogP contribution >= 0.6 is 12.6 Å². The van der Waals surface area contributed by atoms with E-state index in [0.717, 1.165) is 6.42 Å². The zero-order valence-corrected chi connectivity index (χ0v) is 12.3. The molecule has 0 heterocycles. The van der Waals surface area contributed by atoms with Gasteiger partial charge in [0.25, 0.3) is 0 Å². The molecule has 4 rings (SSSR count). The zero-order chi connectivity index (χ0) is 13.1. The van der Waals surface area contributed by atoms with Crippen LogP contribution in [0.2, 0.25) is 0 Å². The first kappa shape index (κ1) is 11.6. The molecule has 2 aromatic rings. The molecule has 1 heteroatoms. The number of hydrogen-bond donors (Lipinski definition) is 1. The lowest BCUT2D eigenvalue weighted by molar-refractivity contribution is 0.862. The van der Waals surface area contributed by atoms with Gasteiger partial charge >= 0.3 is 0 Å². The maximum absolute atomic E-state index is 4.85. The molecular formula is C18H18S. The second-order valence-corrected chi connectivity index (χ2v) is 6.69. The summed E-state index contributed by atoms with van der Waals surface area (Å²) in [6, 6.07) is 9.45. The molecule has 0 spiro atoms. The smallest absolute Gasteiger partial charge is 0.0314 e.